The molecule has 2 rings (SSSR count). The Morgan fingerprint density at radius 1 is 1.12 bits per heavy atom. The minimum Gasteiger partial charge on any atom is -0.494 e. The number of aromatic nitrogens is 1. The maximum absolute atomic E-state index is 11.7. The van der Waals surface area contributed by atoms with Crippen molar-refractivity contribution in [2.24, 2.45) is 0 Å². The van der Waals surface area contributed by atoms with Gasteiger partial charge >= 0.3 is 0 Å². The molecule has 8 heteroatoms. The van der Waals surface area contributed by atoms with E-state index in [-0.39, 0.29) is 12.3 Å². The predicted molar refractivity (Wildman–Crippen MR) is 96.4 cm³/mol. The summed E-state index contributed by atoms with van der Waals surface area (Å²) in [6.45, 7) is 2.95. The van der Waals surface area contributed by atoms with E-state index in [0.717, 1.165) is 16.0 Å². The topological polar surface area (TPSA) is 92.4 Å². The molecule has 0 radical (unpaired) electrons. The van der Waals surface area contributed by atoms with Gasteiger partial charge in [0.15, 0.2) is 0 Å². The maximum Gasteiger partial charge on any atom is 0.286 e. The molecule has 0 aliphatic carbocycles. The number of hydrazine groups is 1. The Balaban J connectivity index is 1.61. The Kier molecular flexibility index (Phi) is 7.34. The molecule has 0 aliphatic rings. The summed E-state index contributed by atoms with van der Waals surface area (Å²) in [4.78, 5) is 26.2. The number of aromatic amines is 1. The maximum atomic E-state index is 11.7. The van der Waals surface area contributed by atoms with E-state index < -0.39 is 5.91 Å². The number of H-pyrrole nitrogens is 1. The smallest absolute Gasteiger partial charge is 0.286 e. The van der Waals surface area contributed by atoms with Gasteiger partial charge in [0.1, 0.15) is 17.2 Å². The van der Waals surface area contributed by atoms with Crippen LogP contribution in [0.4, 0.5) is 0 Å². The third-order valence-corrected chi connectivity index (χ3v) is 3.62. The van der Waals surface area contributed by atoms with Gasteiger partial charge in [-0.3, -0.25) is 20.4 Å². The Morgan fingerprint density at radius 3 is 2.40 bits per heavy atom. The van der Waals surface area contributed by atoms with E-state index in [2.05, 4.69) is 31.8 Å². The van der Waals surface area contributed by atoms with Crippen LogP contribution < -0.4 is 20.3 Å². The number of amides is 2. The molecule has 3 N–H and O–H groups in total. The van der Waals surface area contributed by atoms with Crippen LogP contribution in [0, 0.1) is 0 Å². The number of hydrogen-bond acceptors (Lipinski definition) is 4. The summed E-state index contributed by atoms with van der Waals surface area (Å²) < 4.78 is 11.7. The lowest BCUT2D eigenvalue weighted by Crippen LogP contribution is -2.41. The molecular weight excluding hydrogens is 390 g/mol. The first-order valence-corrected chi connectivity index (χ1v) is 8.66. The summed E-state index contributed by atoms with van der Waals surface area (Å²) in [7, 11) is 0. The second kappa shape index (κ2) is 9.73. The molecule has 1 heterocycles. The van der Waals surface area contributed by atoms with Crippen LogP contribution in [0.5, 0.6) is 11.5 Å². The van der Waals surface area contributed by atoms with Gasteiger partial charge < -0.3 is 14.5 Å². The average molecular weight is 410 g/mol. The molecule has 2 aromatic rings. The molecule has 7 nitrogen and oxygen atoms in total. The molecule has 0 saturated carbocycles. The standard InChI is InChI=1S/C17H20BrN3O4/c1-2-24-13-5-7-14(8-6-13)25-9-3-4-16(22)20-21-17(23)15-10-12(18)11-19-15/h5-8,10-11,19H,2-4,9H2,1H3,(H,20,22)(H,21,23). The highest BCUT2D eigenvalue weighted by Crippen LogP contribution is 2.17. The Hall–Kier alpha value is -2.48. The van der Waals surface area contributed by atoms with Gasteiger partial charge in [-0.05, 0) is 59.6 Å². The summed E-state index contributed by atoms with van der Waals surface area (Å²) >= 11 is 3.23. The molecule has 1 aromatic heterocycles. The van der Waals surface area contributed by atoms with Crippen molar-refractivity contribution in [2.45, 2.75) is 19.8 Å². The van der Waals surface area contributed by atoms with E-state index in [0.29, 0.717) is 25.3 Å². The van der Waals surface area contributed by atoms with Crippen molar-refractivity contribution in [1.82, 2.24) is 15.8 Å². The van der Waals surface area contributed by atoms with Crippen molar-refractivity contribution >= 4 is 27.7 Å². The third kappa shape index (κ3) is 6.50. The number of carbonyl (C=O) groups is 2. The van der Waals surface area contributed by atoms with Gasteiger partial charge in [-0.1, -0.05) is 0 Å². The van der Waals surface area contributed by atoms with E-state index in [1.807, 2.05) is 31.2 Å². The van der Waals surface area contributed by atoms with Crippen molar-refractivity contribution in [3.63, 3.8) is 0 Å². The van der Waals surface area contributed by atoms with Crippen LogP contribution in [-0.4, -0.2) is 30.0 Å². The quantitative estimate of drug-likeness (QED) is 0.461. The third-order valence-electron chi connectivity index (χ3n) is 3.16. The van der Waals surface area contributed by atoms with Crippen molar-refractivity contribution < 1.29 is 19.1 Å². The van der Waals surface area contributed by atoms with E-state index in [4.69, 9.17) is 9.47 Å². The van der Waals surface area contributed by atoms with Gasteiger partial charge in [0.25, 0.3) is 5.91 Å². The first kappa shape index (κ1) is 18.9. The van der Waals surface area contributed by atoms with Crippen molar-refractivity contribution in [3.8, 4) is 11.5 Å². The summed E-state index contributed by atoms with van der Waals surface area (Å²) in [5, 5.41) is 0. The summed E-state index contributed by atoms with van der Waals surface area (Å²) in [5.41, 5.74) is 5.06. The number of carbonyl (C=O) groups excluding carboxylic acids is 2. The minimum absolute atomic E-state index is 0.242. The molecule has 25 heavy (non-hydrogen) atoms. The fourth-order valence-electron chi connectivity index (χ4n) is 1.98. The molecule has 0 spiro atoms. The Bertz CT molecular complexity index is 700. The van der Waals surface area contributed by atoms with Crippen LogP contribution in [0.2, 0.25) is 0 Å². The van der Waals surface area contributed by atoms with Crippen molar-refractivity contribution in [1.29, 1.82) is 0 Å². The van der Waals surface area contributed by atoms with Crippen molar-refractivity contribution in [2.75, 3.05) is 13.2 Å². The zero-order valence-corrected chi connectivity index (χ0v) is 15.4. The zero-order valence-electron chi connectivity index (χ0n) is 13.8. The van der Waals surface area contributed by atoms with Gasteiger partial charge in [-0.25, -0.2) is 0 Å². The highest BCUT2D eigenvalue weighted by Gasteiger charge is 2.09. The molecule has 1 aromatic carbocycles. The molecule has 134 valence electrons. The largest absolute Gasteiger partial charge is 0.494 e. The fraction of sp³-hybridized carbons (Fsp3) is 0.294. The van der Waals surface area contributed by atoms with Gasteiger partial charge in [0, 0.05) is 17.1 Å². The highest BCUT2D eigenvalue weighted by molar-refractivity contribution is 9.10. The lowest BCUT2D eigenvalue weighted by molar-refractivity contribution is -0.122. The lowest BCUT2D eigenvalue weighted by atomic mass is 10.3. The van der Waals surface area contributed by atoms with Gasteiger partial charge in [-0.2, -0.15) is 0 Å². The summed E-state index contributed by atoms with van der Waals surface area (Å²) in [6, 6.07) is 8.92. The first-order valence-electron chi connectivity index (χ1n) is 7.87. The number of benzene rings is 1. The predicted octanol–water partition coefficient (Wildman–Crippen LogP) is 2.80. The van der Waals surface area contributed by atoms with Crippen LogP contribution in [0.25, 0.3) is 0 Å². The van der Waals surface area contributed by atoms with Gasteiger partial charge in [0.2, 0.25) is 5.91 Å². The zero-order chi connectivity index (χ0) is 18.1. The molecule has 2 amide bonds. The average Bonchev–Trinajstić information content (AvgIpc) is 3.05. The molecule has 0 bridgehead atoms. The molecule has 0 aliphatic heterocycles. The highest BCUT2D eigenvalue weighted by atomic mass is 79.9. The van der Waals surface area contributed by atoms with Crippen LogP contribution in [0.1, 0.15) is 30.3 Å². The molecule has 0 fully saturated rings. The first-order chi connectivity index (χ1) is 12.1. The minimum atomic E-state index is -0.412. The number of halogens is 1. The van der Waals surface area contributed by atoms with Crippen LogP contribution in [0.3, 0.4) is 0 Å². The Morgan fingerprint density at radius 2 is 1.80 bits per heavy atom. The SMILES string of the molecule is CCOc1ccc(OCCCC(=O)NNC(=O)c2cc(Br)c[nH]2)cc1. The van der Waals surface area contributed by atoms with Crippen molar-refractivity contribution in [3.05, 3.63) is 46.7 Å². The number of rotatable bonds is 8. The monoisotopic (exact) mass is 409 g/mol. The normalized spacial score (nSPS) is 10.2. The van der Waals surface area contributed by atoms with E-state index in [9.17, 15) is 9.59 Å². The lowest BCUT2D eigenvalue weighted by Gasteiger charge is -2.08. The van der Waals surface area contributed by atoms with Crippen LogP contribution in [-0.2, 0) is 4.79 Å². The number of nitrogens with one attached hydrogen (secondary N) is 3. The van der Waals surface area contributed by atoms with Crippen LogP contribution >= 0.6 is 15.9 Å². The van der Waals surface area contributed by atoms with E-state index >= 15 is 0 Å². The van der Waals surface area contributed by atoms with Gasteiger partial charge in [-0.15, -0.1) is 0 Å². The van der Waals surface area contributed by atoms with E-state index in [1.165, 1.54) is 0 Å². The molecule has 0 saturated heterocycles. The molecule has 0 unspecified atom stereocenters. The molecular formula is C17H20BrN3O4. The fourth-order valence-corrected chi connectivity index (χ4v) is 2.32. The van der Waals surface area contributed by atoms with E-state index in [1.54, 1.807) is 12.3 Å². The summed E-state index contributed by atoms with van der Waals surface area (Å²) in [5.74, 6) is 0.813. The second-order valence-electron chi connectivity index (χ2n) is 5.09. The summed E-state index contributed by atoms with van der Waals surface area (Å²) in [6.07, 6.45) is 2.41. The molecule has 0 atom stereocenters. The van der Waals surface area contributed by atoms with Crippen LogP contribution in [0.15, 0.2) is 41.0 Å². The second-order valence-corrected chi connectivity index (χ2v) is 6.01. The number of hydrogen-bond donors (Lipinski definition) is 3. The number of ether oxygens (including phenoxy) is 2. The van der Waals surface area contributed by atoms with Gasteiger partial charge in [0.05, 0.1) is 13.2 Å². The Labute approximate surface area is 154 Å².